The fourth-order valence-electron chi connectivity index (χ4n) is 1.51. The molecule has 0 spiro atoms. The van der Waals surface area contributed by atoms with Crippen molar-refractivity contribution in [2.24, 2.45) is 0 Å². The molecule has 5 nitrogen and oxygen atoms in total. The van der Waals surface area contributed by atoms with E-state index in [9.17, 15) is 4.79 Å². The van der Waals surface area contributed by atoms with Crippen molar-refractivity contribution >= 4 is 21.8 Å². The third kappa shape index (κ3) is 1.66. The summed E-state index contributed by atoms with van der Waals surface area (Å²) in [6, 6.07) is 0. The van der Waals surface area contributed by atoms with E-state index in [2.05, 4.69) is 26.1 Å². The molecule has 0 radical (unpaired) electrons. The molecule has 0 fully saturated rings. The summed E-state index contributed by atoms with van der Waals surface area (Å²) in [5, 5.41) is 7.76. The Morgan fingerprint density at radius 1 is 1.64 bits per heavy atom. The van der Waals surface area contributed by atoms with Crippen LogP contribution in [0.2, 0.25) is 0 Å². The van der Waals surface area contributed by atoms with Crippen LogP contribution >= 0.6 is 15.9 Å². The number of nitrogens with zero attached hydrogens (tertiary/aromatic N) is 4. The van der Waals surface area contributed by atoms with Crippen LogP contribution in [0.25, 0.3) is 0 Å². The van der Waals surface area contributed by atoms with E-state index in [-0.39, 0.29) is 10.7 Å². The van der Waals surface area contributed by atoms with Gasteiger partial charge in [-0.2, -0.15) is 0 Å². The number of alkyl halides is 1. The van der Waals surface area contributed by atoms with Crippen LogP contribution < -0.4 is 0 Å². The quantitative estimate of drug-likeness (QED) is 0.686. The lowest BCUT2D eigenvalue weighted by atomic mass is 10.3. The van der Waals surface area contributed by atoms with Crippen molar-refractivity contribution in [3.8, 4) is 0 Å². The molecule has 0 aromatic carbocycles. The van der Waals surface area contributed by atoms with E-state index >= 15 is 0 Å². The molecule has 0 aliphatic carbocycles. The SMILES string of the molecule is CC(Br)C(=O)N1CCn2cnnc2C1. The smallest absolute Gasteiger partial charge is 0.236 e. The fourth-order valence-corrected chi connectivity index (χ4v) is 1.80. The van der Waals surface area contributed by atoms with E-state index in [0.29, 0.717) is 6.54 Å². The Bertz CT molecular complexity index is 349. The van der Waals surface area contributed by atoms with Gasteiger partial charge < -0.3 is 9.47 Å². The van der Waals surface area contributed by atoms with Gasteiger partial charge in [-0.3, -0.25) is 4.79 Å². The fraction of sp³-hybridized carbons (Fsp3) is 0.625. The topological polar surface area (TPSA) is 51.0 Å². The van der Waals surface area contributed by atoms with E-state index in [1.807, 2.05) is 11.5 Å². The first-order valence-corrected chi connectivity index (χ1v) is 5.39. The van der Waals surface area contributed by atoms with Gasteiger partial charge in [-0.05, 0) is 6.92 Å². The molecule has 1 aromatic heterocycles. The maximum atomic E-state index is 11.7. The third-order valence-electron chi connectivity index (χ3n) is 2.29. The summed E-state index contributed by atoms with van der Waals surface area (Å²) in [5.74, 6) is 0.969. The normalized spacial score (nSPS) is 17.7. The molecule has 14 heavy (non-hydrogen) atoms. The van der Waals surface area contributed by atoms with E-state index < -0.39 is 0 Å². The lowest BCUT2D eigenvalue weighted by molar-refractivity contribution is -0.131. The second-order valence-corrected chi connectivity index (χ2v) is 4.69. The van der Waals surface area contributed by atoms with Crippen LogP contribution in [-0.4, -0.2) is 36.9 Å². The first kappa shape index (κ1) is 9.64. The molecule has 6 heteroatoms. The summed E-state index contributed by atoms with van der Waals surface area (Å²) in [5.41, 5.74) is 0. The van der Waals surface area contributed by atoms with Crippen LogP contribution in [0.5, 0.6) is 0 Å². The molecular formula is C8H11BrN4O. The van der Waals surface area contributed by atoms with Gasteiger partial charge in [0.1, 0.15) is 6.33 Å². The van der Waals surface area contributed by atoms with Crippen molar-refractivity contribution in [3.05, 3.63) is 12.2 Å². The van der Waals surface area contributed by atoms with Crippen LogP contribution in [-0.2, 0) is 17.9 Å². The molecule has 76 valence electrons. The van der Waals surface area contributed by atoms with E-state index in [1.165, 1.54) is 0 Å². The zero-order chi connectivity index (χ0) is 10.1. The number of aromatic nitrogens is 3. The minimum Gasteiger partial charge on any atom is -0.332 e. The van der Waals surface area contributed by atoms with Gasteiger partial charge in [0.15, 0.2) is 5.82 Å². The number of fused-ring (bicyclic) bond motifs is 1. The molecule has 2 rings (SSSR count). The van der Waals surface area contributed by atoms with Crippen LogP contribution in [0.1, 0.15) is 12.7 Å². The van der Waals surface area contributed by atoms with Gasteiger partial charge in [0.05, 0.1) is 11.4 Å². The van der Waals surface area contributed by atoms with E-state index in [4.69, 9.17) is 0 Å². The van der Waals surface area contributed by atoms with Gasteiger partial charge in [-0.25, -0.2) is 0 Å². The first-order valence-electron chi connectivity index (χ1n) is 4.48. The Labute approximate surface area is 90.2 Å². The highest BCUT2D eigenvalue weighted by molar-refractivity contribution is 9.10. The number of rotatable bonds is 1. The number of amides is 1. The number of carbonyl (C=O) groups is 1. The zero-order valence-corrected chi connectivity index (χ0v) is 9.44. The molecule has 1 atom stereocenters. The van der Waals surface area contributed by atoms with Crippen molar-refractivity contribution in [3.63, 3.8) is 0 Å². The maximum Gasteiger partial charge on any atom is 0.236 e. The Morgan fingerprint density at radius 2 is 2.43 bits per heavy atom. The monoisotopic (exact) mass is 258 g/mol. The molecule has 1 amide bonds. The number of carbonyl (C=O) groups excluding carboxylic acids is 1. The summed E-state index contributed by atoms with van der Waals surface area (Å²) in [6.07, 6.45) is 1.70. The van der Waals surface area contributed by atoms with Gasteiger partial charge >= 0.3 is 0 Å². The van der Waals surface area contributed by atoms with Gasteiger partial charge in [0.25, 0.3) is 0 Å². The lowest BCUT2D eigenvalue weighted by Gasteiger charge is -2.27. The highest BCUT2D eigenvalue weighted by atomic mass is 79.9. The predicted octanol–water partition coefficient (Wildman–Crippen LogP) is 0.404. The summed E-state index contributed by atoms with van der Waals surface area (Å²) in [6.45, 7) is 3.92. The van der Waals surface area contributed by atoms with Crippen LogP contribution in [0.3, 0.4) is 0 Å². The van der Waals surface area contributed by atoms with Crippen LogP contribution in [0.15, 0.2) is 6.33 Å². The molecular weight excluding hydrogens is 248 g/mol. The molecule has 1 aliphatic rings. The molecule has 0 N–H and O–H groups in total. The molecule has 1 aromatic rings. The van der Waals surface area contributed by atoms with Gasteiger partial charge in [0, 0.05) is 13.1 Å². The van der Waals surface area contributed by atoms with Gasteiger partial charge in [0.2, 0.25) is 5.91 Å². The Hall–Kier alpha value is -0.910. The van der Waals surface area contributed by atoms with Crippen molar-refractivity contribution in [1.82, 2.24) is 19.7 Å². The molecule has 0 saturated carbocycles. The number of hydrogen-bond acceptors (Lipinski definition) is 3. The predicted molar refractivity (Wildman–Crippen MR) is 53.8 cm³/mol. The summed E-state index contributed by atoms with van der Waals surface area (Å²) >= 11 is 3.27. The molecule has 2 heterocycles. The van der Waals surface area contributed by atoms with Crippen molar-refractivity contribution in [2.75, 3.05) is 6.54 Å². The Morgan fingerprint density at radius 3 is 3.14 bits per heavy atom. The average molecular weight is 259 g/mol. The second-order valence-electron chi connectivity index (χ2n) is 3.32. The summed E-state index contributed by atoms with van der Waals surface area (Å²) in [4.78, 5) is 13.3. The highest BCUT2D eigenvalue weighted by Crippen LogP contribution is 2.12. The van der Waals surface area contributed by atoms with Crippen molar-refractivity contribution in [2.45, 2.75) is 24.8 Å². The minimum absolute atomic E-state index is 0.110. The Kier molecular flexibility index (Phi) is 2.54. The van der Waals surface area contributed by atoms with Crippen molar-refractivity contribution in [1.29, 1.82) is 0 Å². The summed E-state index contributed by atoms with van der Waals surface area (Å²) in [7, 11) is 0. The second kappa shape index (κ2) is 3.68. The maximum absolute atomic E-state index is 11.7. The molecule has 0 saturated heterocycles. The minimum atomic E-state index is -0.128. The van der Waals surface area contributed by atoms with Gasteiger partial charge in [-0.1, -0.05) is 15.9 Å². The lowest BCUT2D eigenvalue weighted by Crippen LogP contribution is -2.41. The molecule has 1 unspecified atom stereocenters. The third-order valence-corrected chi connectivity index (χ3v) is 2.68. The average Bonchev–Trinajstić information content (AvgIpc) is 2.62. The largest absolute Gasteiger partial charge is 0.332 e. The molecule has 0 bridgehead atoms. The zero-order valence-electron chi connectivity index (χ0n) is 7.85. The van der Waals surface area contributed by atoms with Crippen LogP contribution in [0.4, 0.5) is 0 Å². The first-order chi connectivity index (χ1) is 6.68. The van der Waals surface area contributed by atoms with Crippen molar-refractivity contribution < 1.29 is 4.79 Å². The number of halogens is 1. The molecule has 1 aliphatic heterocycles. The van der Waals surface area contributed by atoms with E-state index in [0.717, 1.165) is 18.9 Å². The standard InChI is InChI=1S/C8H11BrN4O/c1-6(9)8(14)12-2-3-13-5-10-11-7(13)4-12/h5-6H,2-4H2,1H3. The summed E-state index contributed by atoms with van der Waals surface area (Å²) < 4.78 is 1.97. The van der Waals surface area contributed by atoms with Crippen LogP contribution in [0, 0.1) is 0 Å². The van der Waals surface area contributed by atoms with Gasteiger partial charge in [-0.15, -0.1) is 10.2 Å². The van der Waals surface area contributed by atoms with E-state index in [1.54, 1.807) is 11.2 Å². The number of hydrogen-bond donors (Lipinski definition) is 0. The highest BCUT2D eigenvalue weighted by Gasteiger charge is 2.23. The Balaban J connectivity index is 2.11.